The summed E-state index contributed by atoms with van der Waals surface area (Å²) in [6.45, 7) is 4.34. The monoisotopic (exact) mass is 225 g/mol. The molecule has 0 aromatic heterocycles. The maximum absolute atomic E-state index is 11.8. The van der Waals surface area contributed by atoms with E-state index in [0.29, 0.717) is 0 Å². The number of rotatable bonds is 5. The summed E-state index contributed by atoms with van der Waals surface area (Å²) in [7, 11) is -3.45. The Kier molecular flexibility index (Phi) is 5.00. The van der Waals surface area contributed by atoms with Crippen molar-refractivity contribution in [2.24, 2.45) is 0 Å². The smallest absolute Gasteiger partial charge is 0.219 e. The van der Waals surface area contributed by atoms with E-state index >= 15 is 0 Å². The summed E-state index contributed by atoms with van der Waals surface area (Å²) in [6, 6.07) is 0. The van der Waals surface area contributed by atoms with Gasteiger partial charge in [-0.3, -0.25) is 0 Å². The van der Waals surface area contributed by atoms with Crippen LogP contribution in [0.5, 0.6) is 0 Å². The molecule has 0 radical (unpaired) electrons. The van der Waals surface area contributed by atoms with Gasteiger partial charge in [0, 0.05) is 13.1 Å². The zero-order valence-electron chi connectivity index (χ0n) is 8.89. The second-order valence-electron chi connectivity index (χ2n) is 3.96. The molecule has 14 heavy (non-hydrogen) atoms. The van der Waals surface area contributed by atoms with E-state index in [9.17, 15) is 8.42 Å². The van der Waals surface area contributed by atoms with E-state index in [1.54, 1.807) is 20.8 Å². The predicted octanol–water partition coefficient (Wildman–Crippen LogP) is -0.599. The molecule has 0 aromatic carbocycles. The van der Waals surface area contributed by atoms with E-state index in [4.69, 9.17) is 10.2 Å². The lowest BCUT2D eigenvalue weighted by atomic mass is 10.3. The van der Waals surface area contributed by atoms with Crippen molar-refractivity contribution in [3.63, 3.8) is 0 Å². The van der Waals surface area contributed by atoms with Gasteiger partial charge in [-0.2, -0.15) is 4.31 Å². The van der Waals surface area contributed by atoms with Gasteiger partial charge in [-0.25, -0.2) is 8.42 Å². The second-order valence-corrected chi connectivity index (χ2v) is 6.65. The summed E-state index contributed by atoms with van der Waals surface area (Å²) in [6.07, 6.45) is 0. The van der Waals surface area contributed by atoms with Crippen LogP contribution < -0.4 is 0 Å². The third-order valence-electron chi connectivity index (χ3n) is 1.81. The third kappa shape index (κ3) is 3.20. The molecule has 0 spiro atoms. The standard InChI is InChI=1S/C8H19NO4S/c1-8(2,3)14(12,13)9(4-6-10)5-7-11/h10-11H,4-7H2,1-3H3. The summed E-state index contributed by atoms with van der Waals surface area (Å²) in [5, 5.41) is 17.4. The number of hydrogen-bond acceptors (Lipinski definition) is 4. The Bertz CT molecular complexity index is 249. The molecule has 0 heterocycles. The number of hydrogen-bond donors (Lipinski definition) is 2. The van der Waals surface area contributed by atoms with Crippen LogP contribution >= 0.6 is 0 Å². The zero-order valence-corrected chi connectivity index (χ0v) is 9.71. The van der Waals surface area contributed by atoms with Crippen molar-refractivity contribution in [1.82, 2.24) is 4.31 Å². The minimum atomic E-state index is -3.45. The van der Waals surface area contributed by atoms with Crippen molar-refractivity contribution in [2.45, 2.75) is 25.5 Å². The van der Waals surface area contributed by atoms with Crippen molar-refractivity contribution >= 4 is 10.0 Å². The van der Waals surface area contributed by atoms with E-state index in [1.165, 1.54) is 0 Å². The minimum absolute atomic E-state index is 0.0279. The number of aliphatic hydroxyl groups is 2. The molecule has 5 nitrogen and oxygen atoms in total. The van der Waals surface area contributed by atoms with Gasteiger partial charge >= 0.3 is 0 Å². The molecule has 0 aromatic rings. The average Bonchev–Trinajstić information content (AvgIpc) is 2.02. The highest BCUT2D eigenvalue weighted by molar-refractivity contribution is 7.90. The van der Waals surface area contributed by atoms with Gasteiger partial charge in [0.1, 0.15) is 0 Å². The molecule has 0 bridgehead atoms. The van der Waals surface area contributed by atoms with Gasteiger partial charge in [-0.1, -0.05) is 0 Å². The predicted molar refractivity (Wildman–Crippen MR) is 54.4 cm³/mol. The lowest BCUT2D eigenvalue weighted by Crippen LogP contribution is -2.45. The molecular formula is C8H19NO4S. The Hall–Kier alpha value is -0.170. The fourth-order valence-corrected chi connectivity index (χ4v) is 2.38. The van der Waals surface area contributed by atoms with Crippen molar-refractivity contribution in [1.29, 1.82) is 0 Å². The fourth-order valence-electron chi connectivity index (χ4n) is 0.963. The Morgan fingerprint density at radius 2 is 1.43 bits per heavy atom. The normalized spacial score (nSPS) is 13.6. The summed E-state index contributed by atoms with van der Waals surface area (Å²) in [4.78, 5) is 0. The Labute approximate surface area is 85.4 Å². The summed E-state index contributed by atoms with van der Waals surface area (Å²) >= 11 is 0. The molecule has 6 heteroatoms. The molecule has 0 aliphatic carbocycles. The van der Waals surface area contributed by atoms with E-state index in [0.717, 1.165) is 4.31 Å². The van der Waals surface area contributed by atoms with E-state index < -0.39 is 14.8 Å². The third-order valence-corrected chi connectivity index (χ3v) is 4.41. The first-order valence-electron chi connectivity index (χ1n) is 4.48. The van der Waals surface area contributed by atoms with Crippen LogP contribution in [0.2, 0.25) is 0 Å². The van der Waals surface area contributed by atoms with Gasteiger partial charge in [-0.15, -0.1) is 0 Å². The maximum atomic E-state index is 11.8. The van der Waals surface area contributed by atoms with Crippen molar-refractivity contribution in [3.8, 4) is 0 Å². The Balaban J connectivity index is 4.81. The molecule has 0 fully saturated rings. The van der Waals surface area contributed by atoms with Crippen LogP contribution in [0.3, 0.4) is 0 Å². The summed E-state index contributed by atoms with van der Waals surface area (Å²) in [5.74, 6) is 0. The highest BCUT2D eigenvalue weighted by Crippen LogP contribution is 2.19. The average molecular weight is 225 g/mol. The Morgan fingerprint density at radius 3 is 1.64 bits per heavy atom. The quantitative estimate of drug-likeness (QED) is 0.655. The first-order chi connectivity index (χ1) is 6.27. The van der Waals surface area contributed by atoms with Crippen molar-refractivity contribution in [2.75, 3.05) is 26.3 Å². The van der Waals surface area contributed by atoms with Crippen LogP contribution in [0, 0.1) is 0 Å². The van der Waals surface area contributed by atoms with E-state index in [-0.39, 0.29) is 26.3 Å². The molecule has 0 saturated carbocycles. The van der Waals surface area contributed by atoms with Crippen molar-refractivity contribution in [3.05, 3.63) is 0 Å². The molecule has 86 valence electrons. The molecule has 0 atom stereocenters. The van der Waals surface area contributed by atoms with E-state index in [1.807, 2.05) is 0 Å². The number of nitrogens with zero attached hydrogens (tertiary/aromatic N) is 1. The molecule has 0 saturated heterocycles. The fraction of sp³-hybridized carbons (Fsp3) is 1.00. The number of aliphatic hydroxyl groups excluding tert-OH is 2. The number of sulfonamides is 1. The Morgan fingerprint density at radius 1 is 1.07 bits per heavy atom. The maximum Gasteiger partial charge on any atom is 0.219 e. The van der Waals surface area contributed by atoms with Crippen LogP contribution in [0.25, 0.3) is 0 Å². The zero-order chi connectivity index (χ0) is 11.4. The van der Waals surface area contributed by atoms with Gasteiger partial charge in [0.15, 0.2) is 0 Å². The van der Waals surface area contributed by atoms with Crippen LogP contribution in [-0.4, -0.2) is 54.0 Å². The highest BCUT2D eigenvalue weighted by Gasteiger charge is 2.34. The molecule has 0 unspecified atom stereocenters. The van der Waals surface area contributed by atoms with Gasteiger partial charge in [0.2, 0.25) is 10.0 Å². The molecule has 0 aliphatic heterocycles. The van der Waals surface area contributed by atoms with Gasteiger partial charge in [0.25, 0.3) is 0 Å². The molecule has 0 rings (SSSR count). The SMILES string of the molecule is CC(C)(C)S(=O)(=O)N(CCO)CCO. The lowest BCUT2D eigenvalue weighted by molar-refractivity contribution is 0.215. The van der Waals surface area contributed by atoms with Crippen LogP contribution in [-0.2, 0) is 10.0 Å². The topological polar surface area (TPSA) is 77.8 Å². The second kappa shape index (κ2) is 5.06. The van der Waals surface area contributed by atoms with Crippen LogP contribution in [0.1, 0.15) is 20.8 Å². The first-order valence-corrected chi connectivity index (χ1v) is 5.93. The summed E-state index contributed by atoms with van der Waals surface area (Å²) in [5.41, 5.74) is 0. The largest absolute Gasteiger partial charge is 0.395 e. The molecule has 0 aliphatic rings. The minimum Gasteiger partial charge on any atom is -0.395 e. The molecule has 2 N–H and O–H groups in total. The lowest BCUT2D eigenvalue weighted by Gasteiger charge is -2.28. The molecular weight excluding hydrogens is 206 g/mol. The van der Waals surface area contributed by atoms with E-state index in [2.05, 4.69) is 0 Å². The van der Waals surface area contributed by atoms with Gasteiger partial charge in [-0.05, 0) is 20.8 Å². The van der Waals surface area contributed by atoms with Gasteiger partial charge < -0.3 is 10.2 Å². The van der Waals surface area contributed by atoms with Gasteiger partial charge in [0.05, 0.1) is 18.0 Å². The molecule has 0 amide bonds. The highest BCUT2D eigenvalue weighted by atomic mass is 32.2. The first kappa shape index (κ1) is 13.8. The summed E-state index contributed by atoms with van der Waals surface area (Å²) < 4.78 is 23.9. The van der Waals surface area contributed by atoms with Crippen molar-refractivity contribution < 1.29 is 18.6 Å². The van der Waals surface area contributed by atoms with Crippen LogP contribution in [0.4, 0.5) is 0 Å². The van der Waals surface area contributed by atoms with Crippen LogP contribution in [0.15, 0.2) is 0 Å².